The van der Waals surface area contributed by atoms with E-state index in [1.165, 1.54) is 25.7 Å². The summed E-state index contributed by atoms with van der Waals surface area (Å²) in [6, 6.07) is 4.13. The Kier molecular flexibility index (Phi) is 7.54. The van der Waals surface area contributed by atoms with Crippen molar-refractivity contribution in [2.75, 3.05) is 18.0 Å². The molecule has 0 spiro atoms. The molecule has 134 valence electrons. The number of pyridine rings is 1. The monoisotopic (exact) mass is 331 g/mol. The topological polar surface area (TPSA) is 45.2 Å². The third kappa shape index (κ3) is 6.50. The van der Waals surface area contributed by atoms with Crippen molar-refractivity contribution in [2.24, 2.45) is 11.8 Å². The Morgan fingerprint density at radius 3 is 2.58 bits per heavy atom. The molecule has 0 aliphatic carbocycles. The molecule has 1 aromatic rings. The van der Waals surface area contributed by atoms with Crippen molar-refractivity contribution >= 4 is 11.7 Å². The highest BCUT2D eigenvalue weighted by molar-refractivity contribution is 5.76. The summed E-state index contributed by atoms with van der Waals surface area (Å²) in [5.74, 6) is 2.28. The number of nitrogens with one attached hydrogen (secondary N) is 1. The summed E-state index contributed by atoms with van der Waals surface area (Å²) in [5, 5.41) is 3.06. The van der Waals surface area contributed by atoms with Gasteiger partial charge in [0.25, 0.3) is 0 Å². The van der Waals surface area contributed by atoms with Crippen LogP contribution in [0.25, 0.3) is 0 Å². The van der Waals surface area contributed by atoms with Gasteiger partial charge in [-0.3, -0.25) is 4.79 Å². The molecule has 1 amide bonds. The quantitative estimate of drug-likeness (QED) is 0.816. The second-order valence-corrected chi connectivity index (χ2v) is 7.64. The molecule has 0 radical (unpaired) electrons. The van der Waals surface area contributed by atoms with Gasteiger partial charge in [0.15, 0.2) is 0 Å². The van der Waals surface area contributed by atoms with Crippen molar-refractivity contribution in [1.82, 2.24) is 10.3 Å². The molecule has 1 N–H and O–H groups in total. The summed E-state index contributed by atoms with van der Waals surface area (Å²) in [6.07, 6.45) is 8.71. The zero-order chi connectivity index (χ0) is 17.4. The highest BCUT2D eigenvalue weighted by atomic mass is 16.1. The largest absolute Gasteiger partial charge is 0.357 e. The Hall–Kier alpha value is -1.58. The van der Waals surface area contributed by atoms with Crippen LogP contribution in [-0.2, 0) is 11.3 Å². The summed E-state index contributed by atoms with van der Waals surface area (Å²) in [4.78, 5) is 19.0. The molecule has 24 heavy (non-hydrogen) atoms. The van der Waals surface area contributed by atoms with E-state index in [1.54, 1.807) is 0 Å². The molecular formula is C20H33N3O. The Morgan fingerprint density at radius 2 is 1.92 bits per heavy atom. The molecule has 0 bridgehead atoms. The fraction of sp³-hybridized carbons (Fsp3) is 0.700. The lowest BCUT2D eigenvalue weighted by Gasteiger charge is -2.22. The van der Waals surface area contributed by atoms with Gasteiger partial charge in [-0.25, -0.2) is 4.98 Å². The standard InChI is InChI=1S/C20H33N3O/c1-16(2)12-17(3)13-20(24)22-15-18-8-9-21-19(14-18)23-10-6-4-5-7-11-23/h8-9,14,16-17H,4-7,10-13,15H2,1-3H3,(H,22,24). The van der Waals surface area contributed by atoms with E-state index in [-0.39, 0.29) is 5.91 Å². The van der Waals surface area contributed by atoms with Crippen molar-refractivity contribution in [3.8, 4) is 0 Å². The SMILES string of the molecule is CC(C)CC(C)CC(=O)NCc1ccnc(N2CCCCCC2)c1. The maximum Gasteiger partial charge on any atom is 0.220 e. The molecule has 1 unspecified atom stereocenters. The van der Waals surface area contributed by atoms with Gasteiger partial charge in [0.1, 0.15) is 5.82 Å². The second-order valence-electron chi connectivity index (χ2n) is 7.64. The molecule has 0 saturated carbocycles. The van der Waals surface area contributed by atoms with Gasteiger partial charge in [0.2, 0.25) is 5.91 Å². The van der Waals surface area contributed by atoms with Crippen LogP contribution in [0.1, 0.15) is 64.9 Å². The van der Waals surface area contributed by atoms with E-state index in [9.17, 15) is 4.79 Å². The highest BCUT2D eigenvalue weighted by Crippen LogP contribution is 2.18. The zero-order valence-corrected chi connectivity index (χ0v) is 15.6. The predicted octanol–water partition coefficient (Wildman–Crippen LogP) is 4.15. The van der Waals surface area contributed by atoms with Crippen molar-refractivity contribution in [3.63, 3.8) is 0 Å². The van der Waals surface area contributed by atoms with Crippen molar-refractivity contribution < 1.29 is 4.79 Å². The van der Waals surface area contributed by atoms with Gasteiger partial charge in [0, 0.05) is 32.3 Å². The van der Waals surface area contributed by atoms with Crippen molar-refractivity contribution in [1.29, 1.82) is 0 Å². The Morgan fingerprint density at radius 1 is 1.21 bits per heavy atom. The predicted molar refractivity (Wildman–Crippen MR) is 100 cm³/mol. The van der Waals surface area contributed by atoms with E-state index in [4.69, 9.17) is 0 Å². The summed E-state index contributed by atoms with van der Waals surface area (Å²) in [7, 11) is 0. The number of aromatic nitrogens is 1. The number of hydrogen-bond acceptors (Lipinski definition) is 3. The van der Waals surface area contributed by atoms with E-state index in [1.807, 2.05) is 12.3 Å². The molecular weight excluding hydrogens is 298 g/mol. The molecule has 4 heteroatoms. The smallest absolute Gasteiger partial charge is 0.220 e. The van der Waals surface area contributed by atoms with E-state index in [0.29, 0.717) is 24.8 Å². The van der Waals surface area contributed by atoms with Gasteiger partial charge >= 0.3 is 0 Å². The van der Waals surface area contributed by atoms with Crippen molar-refractivity contribution in [3.05, 3.63) is 23.9 Å². The number of carbonyl (C=O) groups is 1. The van der Waals surface area contributed by atoms with Crippen LogP contribution in [0.3, 0.4) is 0 Å². The minimum absolute atomic E-state index is 0.149. The van der Waals surface area contributed by atoms with Crippen LogP contribution in [0.15, 0.2) is 18.3 Å². The van der Waals surface area contributed by atoms with Crippen LogP contribution in [0.5, 0.6) is 0 Å². The van der Waals surface area contributed by atoms with Gasteiger partial charge in [0.05, 0.1) is 0 Å². The number of rotatable bonds is 7. The third-order valence-corrected chi connectivity index (χ3v) is 4.64. The lowest BCUT2D eigenvalue weighted by Crippen LogP contribution is -2.26. The minimum Gasteiger partial charge on any atom is -0.357 e. The summed E-state index contributed by atoms with van der Waals surface area (Å²) in [5.41, 5.74) is 1.13. The van der Waals surface area contributed by atoms with Gasteiger partial charge in [-0.2, -0.15) is 0 Å². The Bertz CT molecular complexity index is 507. The highest BCUT2D eigenvalue weighted by Gasteiger charge is 2.13. The minimum atomic E-state index is 0.149. The molecule has 2 heterocycles. The Labute approximate surface area is 147 Å². The van der Waals surface area contributed by atoms with Crippen LogP contribution in [-0.4, -0.2) is 24.0 Å². The average molecular weight is 332 g/mol. The first-order chi connectivity index (χ1) is 11.5. The van der Waals surface area contributed by atoms with E-state index >= 15 is 0 Å². The number of nitrogens with zero attached hydrogens (tertiary/aromatic N) is 2. The molecule has 2 rings (SSSR count). The number of amides is 1. The van der Waals surface area contributed by atoms with E-state index in [2.05, 4.69) is 42.0 Å². The maximum atomic E-state index is 12.1. The van der Waals surface area contributed by atoms with Crippen LogP contribution in [0.2, 0.25) is 0 Å². The van der Waals surface area contributed by atoms with Crippen LogP contribution < -0.4 is 10.2 Å². The maximum absolute atomic E-state index is 12.1. The van der Waals surface area contributed by atoms with Gasteiger partial charge < -0.3 is 10.2 Å². The molecule has 1 atom stereocenters. The molecule has 1 saturated heterocycles. The fourth-order valence-electron chi connectivity index (χ4n) is 3.52. The molecule has 1 aliphatic rings. The summed E-state index contributed by atoms with van der Waals surface area (Å²) >= 11 is 0. The molecule has 4 nitrogen and oxygen atoms in total. The first kappa shape index (κ1) is 18.8. The average Bonchev–Trinajstić information content (AvgIpc) is 2.81. The summed E-state index contributed by atoms with van der Waals surface area (Å²) in [6.45, 7) is 9.34. The van der Waals surface area contributed by atoms with Crippen LogP contribution in [0, 0.1) is 11.8 Å². The number of anilines is 1. The normalized spacial score (nSPS) is 16.8. The summed E-state index contributed by atoms with van der Waals surface area (Å²) < 4.78 is 0. The molecule has 0 aromatic carbocycles. The van der Waals surface area contributed by atoms with Gasteiger partial charge in [-0.05, 0) is 48.8 Å². The van der Waals surface area contributed by atoms with E-state index in [0.717, 1.165) is 30.9 Å². The Balaban J connectivity index is 1.84. The van der Waals surface area contributed by atoms with E-state index < -0.39 is 0 Å². The first-order valence-electron chi connectivity index (χ1n) is 9.51. The van der Waals surface area contributed by atoms with Gasteiger partial charge in [-0.1, -0.05) is 33.6 Å². The first-order valence-corrected chi connectivity index (χ1v) is 9.51. The zero-order valence-electron chi connectivity index (χ0n) is 15.6. The fourth-order valence-corrected chi connectivity index (χ4v) is 3.52. The molecule has 1 aromatic heterocycles. The van der Waals surface area contributed by atoms with Crippen LogP contribution in [0.4, 0.5) is 5.82 Å². The second kappa shape index (κ2) is 9.65. The number of carbonyl (C=O) groups excluding carboxylic acids is 1. The number of hydrogen-bond donors (Lipinski definition) is 1. The molecule has 1 fully saturated rings. The van der Waals surface area contributed by atoms with Gasteiger partial charge in [-0.15, -0.1) is 0 Å². The lowest BCUT2D eigenvalue weighted by molar-refractivity contribution is -0.122. The van der Waals surface area contributed by atoms with Crippen molar-refractivity contribution in [2.45, 2.75) is 65.8 Å². The lowest BCUT2D eigenvalue weighted by atomic mass is 9.96. The molecule has 1 aliphatic heterocycles. The third-order valence-electron chi connectivity index (χ3n) is 4.64. The van der Waals surface area contributed by atoms with Crippen LogP contribution >= 0.6 is 0 Å².